The number of carbonyl (C=O) groups excluding carboxylic acids is 3. The maximum atomic E-state index is 13.3. The highest BCUT2D eigenvalue weighted by molar-refractivity contribution is 9.10. The largest absolute Gasteiger partial charge is 0.462 e. The van der Waals surface area contributed by atoms with Crippen LogP contribution >= 0.6 is 15.9 Å². The molecular formula is C29H36BrNO4. The van der Waals surface area contributed by atoms with Crippen molar-refractivity contribution in [3.05, 3.63) is 46.0 Å². The molecule has 7 atom stereocenters. The van der Waals surface area contributed by atoms with E-state index in [1.165, 1.54) is 12.5 Å². The predicted octanol–water partition coefficient (Wildman–Crippen LogP) is 5.87. The Labute approximate surface area is 216 Å². The molecule has 0 saturated heterocycles. The van der Waals surface area contributed by atoms with Crippen molar-refractivity contribution in [3.8, 4) is 0 Å². The van der Waals surface area contributed by atoms with Crippen LogP contribution in [0, 0.1) is 34.5 Å². The lowest BCUT2D eigenvalue weighted by Crippen LogP contribution is -2.51. The van der Waals surface area contributed by atoms with Gasteiger partial charge in [-0.15, -0.1) is 0 Å². The summed E-state index contributed by atoms with van der Waals surface area (Å²) in [5.74, 6) is 1.31. The molecule has 5 nitrogen and oxygen atoms in total. The molecule has 0 bridgehead atoms. The average Bonchev–Trinajstić information content (AvgIpc) is 3.07. The standard InChI is InChI=1S/C29H36BrNO4/c1-17(32)35-21-9-11-28(2)19(14-21)7-8-22-23(28)10-12-29(3)24(22)15-26(33)25(29)16-31-27(34)18-5-4-6-20(30)13-18/h4-7,13,21-25H,8-12,14-16H2,1-3H3,(H,31,34)/t21-,22+,23-,24-,25-,28-,29-/m0/s1. The third kappa shape index (κ3) is 4.30. The van der Waals surface area contributed by atoms with Gasteiger partial charge in [0.25, 0.3) is 5.91 Å². The monoisotopic (exact) mass is 541 g/mol. The fraction of sp³-hybridized carbons (Fsp3) is 0.621. The van der Waals surface area contributed by atoms with Crippen molar-refractivity contribution in [1.29, 1.82) is 0 Å². The van der Waals surface area contributed by atoms with E-state index in [1.807, 2.05) is 18.2 Å². The molecule has 0 unspecified atom stereocenters. The third-order valence-electron chi connectivity index (χ3n) is 9.99. The lowest BCUT2D eigenvalue weighted by atomic mass is 9.47. The number of halogens is 1. The van der Waals surface area contributed by atoms with E-state index in [1.54, 1.807) is 6.07 Å². The molecule has 0 spiro atoms. The number of allylic oxidation sites excluding steroid dienone is 1. The Bertz CT molecular complexity index is 1080. The first-order chi connectivity index (χ1) is 16.6. The second-order valence-electron chi connectivity index (χ2n) is 11.7. The fourth-order valence-electron chi connectivity index (χ4n) is 8.13. The minimum absolute atomic E-state index is 0.00326. The Hall–Kier alpha value is -1.95. The quantitative estimate of drug-likeness (QED) is 0.382. The van der Waals surface area contributed by atoms with Gasteiger partial charge in [-0.3, -0.25) is 14.4 Å². The number of rotatable bonds is 4. The van der Waals surface area contributed by atoms with Crippen LogP contribution in [0.4, 0.5) is 0 Å². The molecule has 1 amide bonds. The van der Waals surface area contributed by atoms with Gasteiger partial charge in [-0.1, -0.05) is 47.5 Å². The summed E-state index contributed by atoms with van der Waals surface area (Å²) in [7, 11) is 0. The smallest absolute Gasteiger partial charge is 0.302 e. The Morgan fingerprint density at radius 2 is 1.94 bits per heavy atom. The molecule has 3 fully saturated rings. The third-order valence-corrected chi connectivity index (χ3v) is 10.5. The Morgan fingerprint density at radius 3 is 2.69 bits per heavy atom. The number of esters is 1. The zero-order valence-electron chi connectivity index (χ0n) is 20.9. The first kappa shape index (κ1) is 24.7. The van der Waals surface area contributed by atoms with Crippen molar-refractivity contribution in [3.63, 3.8) is 0 Å². The molecule has 5 rings (SSSR count). The van der Waals surface area contributed by atoms with Gasteiger partial charge in [-0.2, -0.15) is 0 Å². The molecular weight excluding hydrogens is 506 g/mol. The topological polar surface area (TPSA) is 72.5 Å². The number of Topliss-reactive ketones (excluding diaryl/α,β-unsaturated/α-hetero) is 1. The summed E-state index contributed by atoms with van der Waals surface area (Å²) in [6.07, 6.45) is 9.01. The fourth-order valence-corrected chi connectivity index (χ4v) is 8.53. The summed E-state index contributed by atoms with van der Waals surface area (Å²) >= 11 is 3.43. The van der Waals surface area contributed by atoms with Crippen molar-refractivity contribution >= 4 is 33.6 Å². The van der Waals surface area contributed by atoms with E-state index in [4.69, 9.17) is 4.74 Å². The van der Waals surface area contributed by atoms with Gasteiger partial charge in [0.15, 0.2) is 0 Å². The molecule has 0 radical (unpaired) electrons. The van der Waals surface area contributed by atoms with Crippen LogP contribution < -0.4 is 5.32 Å². The zero-order valence-corrected chi connectivity index (χ0v) is 22.5. The number of fused-ring (bicyclic) bond motifs is 5. The van der Waals surface area contributed by atoms with Crippen molar-refractivity contribution < 1.29 is 19.1 Å². The Kier molecular flexibility index (Phi) is 6.48. The molecule has 35 heavy (non-hydrogen) atoms. The summed E-state index contributed by atoms with van der Waals surface area (Å²) in [4.78, 5) is 37.6. The molecule has 0 aromatic heterocycles. The van der Waals surface area contributed by atoms with Crippen molar-refractivity contribution in [2.75, 3.05) is 6.54 Å². The lowest BCUT2D eigenvalue weighted by molar-refractivity contribution is -0.148. The minimum Gasteiger partial charge on any atom is -0.462 e. The summed E-state index contributed by atoms with van der Waals surface area (Å²) in [5, 5.41) is 3.07. The summed E-state index contributed by atoms with van der Waals surface area (Å²) in [6.45, 7) is 6.62. The normalized spacial score (nSPS) is 38.0. The lowest BCUT2D eigenvalue weighted by Gasteiger charge is -2.57. The maximum Gasteiger partial charge on any atom is 0.302 e. The number of amides is 1. The zero-order chi connectivity index (χ0) is 25.0. The van der Waals surface area contributed by atoms with Crippen LogP contribution in [0.5, 0.6) is 0 Å². The highest BCUT2D eigenvalue weighted by Gasteiger charge is 2.61. The van der Waals surface area contributed by atoms with Gasteiger partial charge >= 0.3 is 5.97 Å². The summed E-state index contributed by atoms with van der Waals surface area (Å²) in [6, 6.07) is 7.36. The van der Waals surface area contributed by atoms with Crippen LogP contribution in [-0.2, 0) is 14.3 Å². The van der Waals surface area contributed by atoms with Crippen LogP contribution in [0.2, 0.25) is 0 Å². The van der Waals surface area contributed by atoms with Crippen LogP contribution in [0.3, 0.4) is 0 Å². The summed E-state index contributed by atoms with van der Waals surface area (Å²) < 4.78 is 6.43. The van der Waals surface area contributed by atoms with E-state index in [-0.39, 0.29) is 34.7 Å². The predicted molar refractivity (Wildman–Crippen MR) is 138 cm³/mol. The van der Waals surface area contributed by atoms with Crippen LogP contribution in [-0.4, -0.2) is 30.3 Å². The Balaban J connectivity index is 1.31. The van der Waals surface area contributed by atoms with E-state index >= 15 is 0 Å². The van der Waals surface area contributed by atoms with Crippen LogP contribution in [0.15, 0.2) is 40.4 Å². The van der Waals surface area contributed by atoms with Gasteiger partial charge in [-0.25, -0.2) is 0 Å². The first-order valence-electron chi connectivity index (χ1n) is 13.0. The van der Waals surface area contributed by atoms with Crippen molar-refractivity contribution in [2.45, 2.75) is 71.8 Å². The minimum atomic E-state index is -0.191. The van der Waals surface area contributed by atoms with Gasteiger partial charge < -0.3 is 10.1 Å². The van der Waals surface area contributed by atoms with E-state index in [0.29, 0.717) is 42.1 Å². The van der Waals surface area contributed by atoms with Crippen LogP contribution in [0.25, 0.3) is 0 Å². The van der Waals surface area contributed by atoms with Gasteiger partial charge in [-0.05, 0) is 78.9 Å². The van der Waals surface area contributed by atoms with E-state index in [0.717, 1.165) is 43.0 Å². The molecule has 3 saturated carbocycles. The average molecular weight is 543 g/mol. The highest BCUT2D eigenvalue weighted by atomic mass is 79.9. The SMILES string of the molecule is CC(=O)O[C@H]1CC[C@@]2(C)C(=CC[C@H]3[C@@H]4CC(=O)[C@H](CNC(=O)c5cccc(Br)c5)[C@@]4(C)CC[C@@H]32)C1. The molecule has 4 aliphatic carbocycles. The van der Waals surface area contributed by atoms with Gasteiger partial charge in [0.1, 0.15) is 11.9 Å². The second-order valence-corrected chi connectivity index (χ2v) is 12.6. The number of ether oxygens (including phenoxy) is 1. The van der Waals surface area contributed by atoms with Crippen molar-refractivity contribution in [2.24, 2.45) is 34.5 Å². The molecule has 188 valence electrons. The van der Waals surface area contributed by atoms with Gasteiger partial charge in [0.05, 0.1) is 0 Å². The van der Waals surface area contributed by atoms with E-state index in [9.17, 15) is 14.4 Å². The highest BCUT2D eigenvalue weighted by Crippen LogP contribution is 2.65. The van der Waals surface area contributed by atoms with E-state index in [2.05, 4.69) is 41.2 Å². The number of hydrogen-bond donors (Lipinski definition) is 1. The molecule has 1 N–H and O–H groups in total. The van der Waals surface area contributed by atoms with Crippen LogP contribution in [0.1, 0.15) is 76.1 Å². The molecule has 0 heterocycles. The number of benzene rings is 1. The van der Waals surface area contributed by atoms with E-state index < -0.39 is 0 Å². The number of hydrogen-bond acceptors (Lipinski definition) is 4. The van der Waals surface area contributed by atoms with Gasteiger partial charge in [0.2, 0.25) is 0 Å². The van der Waals surface area contributed by atoms with Crippen molar-refractivity contribution in [1.82, 2.24) is 5.32 Å². The molecule has 4 aliphatic rings. The Morgan fingerprint density at radius 1 is 1.14 bits per heavy atom. The van der Waals surface area contributed by atoms with Gasteiger partial charge in [0, 0.05) is 42.3 Å². The summed E-state index contributed by atoms with van der Waals surface area (Å²) in [5.41, 5.74) is 2.13. The molecule has 1 aromatic rings. The maximum absolute atomic E-state index is 13.3. The molecule has 6 heteroatoms. The first-order valence-corrected chi connectivity index (χ1v) is 13.8. The number of carbonyl (C=O) groups is 3. The number of nitrogens with one attached hydrogen (secondary N) is 1. The second kappa shape index (κ2) is 9.17. The molecule has 1 aromatic carbocycles. The molecule has 0 aliphatic heterocycles. The number of ketones is 1.